The Labute approximate surface area is 104 Å². The number of nitrogens with zero attached hydrogens (tertiary/aromatic N) is 3. The van der Waals surface area contributed by atoms with Crippen LogP contribution in [0.4, 0.5) is 5.95 Å². The number of hydrogen-bond donors (Lipinski definition) is 1. The van der Waals surface area contributed by atoms with E-state index < -0.39 is 10.8 Å². The molecule has 5 nitrogen and oxygen atoms in total. The summed E-state index contributed by atoms with van der Waals surface area (Å²) in [5.74, 6) is 2.16. The average Bonchev–Trinajstić information content (AvgIpc) is 2.30. The van der Waals surface area contributed by atoms with E-state index in [0.717, 1.165) is 31.0 Å². The lowest BCUT2D eigenvalue weighted by molar-refractivity contribution is 0.670. The van der Waals surface area contributed by atoms with Gasteiger partial charge in [-0.1, -0.05) is 0 Å². The topological polar surface area (TPSA) is 72.1 Å². The van der Waals surface area contributed by atoms with Gasteiger partial charge < -0.3 is 10.6 Å². The zero-order chi connectivity index (χ0) is 12.3. The van der Waals surface area contributed by atoms with Crippen molar-refractivity contribution in [2.24, 2.45) is 5.73 Å². The molecule has 0 saturated carbocycles. The van der Waals surface area contributed by atoms with Gasteiger partial charge >= 0.3 is 0 Å². The molecule has 2 rings (SSSR count). The van der Waals surface area contributed by atoms with E-state index in [0.29, 0.717) is 11.5 Å². The highest BCUT2D eigenvalue weighted by Crippen LogP contribution is 2.10. The summed E-state index contributed by atoms with van der Waals surface area (Å²) in [6.45, 7) is 3.52. The van der Waals surface area contributed by atoms with E-state index in [-0.39, 0.29) is 6.04 Å². The minimum absolute atomic E-state index is 0.127. The Morgan fingerprint density at radius 1 is 1.41 bits per heavy atom. The Morgan fingerprint density at radius 3 is 2.53 bits per heavy atom. The third-order valence-corrected chi connectivity index (χ3v) is 3.99. The van der Waals surface area contributed by atoms with Crippen LogP contribution in [0.5, 0.6) is 0 Å². The fraction of sp³-hybridized carbons (Fsp3) is 0.636. The second-order valence-corrected chi connectivity index (χ2v) is 6.10. The number of anilines is 1. The molecule has 1 atom stereocenters. The molecule has 6 heteroatoms. The molecule has 94 valence electrons. The van der Waals surface area contributed by atoms with Crippen LogP contribution in [-0.4, -0.2) is 44.8 Å². The monoisotopic (exact) mass is 254 g/mol. The summed E-state index contributed by atoms with van der Waals surface area (Å²) in [5.41, 5.74) is 6.78. The predicted octanol–water partition coefficient (Wildman–Crippen LogP) is -0.0650. The molecule has 0 aliphatic carbocycles. The van der Waals surface area contributed by atoms with Gasteiger partial charge in [0.15, 0.2) is 0 Å². The van der Waals surface area contributed by atoms with Gasteiger partial charge in [-0.3, -0.25) is 4.21 Å². The molecule has 0 radical (unpaired) electrons. The highest BCUT2D eigenvalue weighted by atomic mass is 32.2. The Morgan fingerprint density at radius 2 is 2.00 bits per heavy atom. The minimum Gasteiger partial charge on any atom is -0.339 e. The number of nitrogens with two attached hydrogens (primary N) is 1. The summed E-state index contributed by atoms with van der Waals surface area (Å²) in [7, 11) is -0.661. The summed E-state index contributed by atoms with van der Waals surface area (Å²) in [6.07, 6.45) is 4.46. The van der Waals surface area contributed by atoms with E-state index in [2.05, 4.69) is 14.9 Å². The number of aromatic nitrogens is 2. The molecule has 1 aromatic rings. The van der Waals surface area contributed by atoms with Crippen molar-refractivity contribution in [1.29, 1.82) is 0 Å². The SMILES string of the molecule is CC(N)Cc1cnc(N2CCS(=O)CC2)nc1. The first kappa shape index (κ1) is 12.4. The van der Waals surface area contributed by atoms with Crippen molar-refractivity contribution >= 4 is 16.7 Å². The van der Waals surface area contributed by atoms with E-state index in [1.807, 2.05) is 19.3 Å². The van der Waals surface area contributed by atoms with Crippen LogP contribution in [0.25, 0.3) is 0 Å². The van der Waals surface area contributed by atoms with E-state index in [4.69, 9.17) is 5.73 Å². The molecule has 1 fully saturated rings. The lowest BCUT2D eigenvalue weighted by Gasteiger charge is -2.26. The van der Waals surface area contributed by atoms with Crippen LogP contribution in [0, 0.1) is 0 Å². The van der Waals surface area contributed by atoms with E-state index in [1.54, 1.807) is 0 Å². The maximum Gasteiger partial charge on any atom is 0.225 e. The van der Waals surface area contributed by atoms with Gasteiger partial charge in [-0.15, -0.1) is 0 Å². The molecule has 0 bridgehead atoms. The molecule has 0 aromatic carbocycles. The second-order valence-electron chi connectivity index (χ2n) is 4.41. The van der Waals surface area contributed by atoms with Gasteiger partial charge in [0.05, 0.1) is 0 Å². The zero-order valence-corrected chi connectivity index (χ0v) is 10.8. The quantitative estimate of drug-likeness (QED) is 0.818. The largest absolute Gasteiger partial charge is 0.339 e. The molecule has 1 aliphatic heterocycles. The van der Waals surface area contributed by atoms with Gasteiger partial charge in [0, 0.05) is 53.8 Å². The fourth-order valence-electron chi connectivity index (χ4n) is 1.83. The highest BCUT2D eigenvalue weighted by Gasteiger charge is 2.17. The second kappa shape index (κ2) is 5.55. The molecular formula is C11H18N4OS. The molecular weight excluding hydrogens is 236 g/mol. The Hall–Kier alpha value is -1.01. The predicted molar refractivity (Wildman–Crippen MR) is 69.5 cm³/mol. The number of rotatable bonds is 3. The fourth-order valence-corrected chi connectivity index (χ4v) is 2.88. The first-order valence-electron chi connectivity index (χ1n) is 5.81. The highest BCUT2D eigenvalue weighted by molar-refractivity contribution is 7.85. The van der Waals surface area contributed by atoms with Crippen LogP contribution in [-0.2, 0) is 17.2 Å². The lowest BCUT2D eigenvalue weighted by atomic mass is 10.1. The summed E-state index contributed by atoms with van der Waals surface area (Å²) < 4.78 is 11.2. The van der Waals surface area contributed by atoms with Crippen molar-refractivity contribution in [3.63, 3.8) is 0 Å². The van der Waals surface area contributed by atoms with Gasteiger partial charge in [-0.05, 0) is 18.9 Å². The van der Waals surface area contributed by atoms with Crippen molar-refractivity contribution in [2.75, 3.05) is 29.5 Å². The maximum absolute atomic E-state index is 11.2. The number of hydrogen-bond acceptors (Lipinski definition) is 5. The van der Waals surface area contributed by atoms with Gasteiger partial charge in [-0.25, -0.2) is 9.97 Å². The first-order valence-corrected chi connectivity index (χ1v) is 7.30. The van der Waals surface area contributed by atoms with E-state index in [1.165, 1.54) is 0 Å². The van der Waals surface area contributed by atoms with Crippen LogP contribution in [0.2, 0.25) is 0 Å². The van der Waals surface area contributed by atoms with Crippen molar-refractivity contribution in [3.8, 4) is 0 Å². The summed E-state index contributed by atoms with van der Waals surface area (Å²) in [4.78, 5) is 10.8. The standard InChI is InChI=1S/C11H18N4OS/c1-9(12)6-10-7-13-11(14-8-10)15-2-4-17(16)5-3-15/h7-9H,2-6,12H2,1H3. The van der Waals surface area contributed by atoms with Crippen molar-refractivity contribution < 1.29 is 4.21 Å². The van der Waals surface area contributed by atoms with Crippen molar-refractivity contribution in [3.05, 3.63) is 18.0 Å². The minimum atomic E-state index is -0.661. The molecule has 0 spiro atoms. The lowest BCUT2D eigenvalue weighted by Crippen LogP contribution is -2.38. The Balaban J connectivity index is 2.00. The van der Waals surface area contributed by atoms with Crippen molar-refractivity contribution in [1.82, 2.24) is 9.97 Å². The molecule has 1 unspecified atom stereocenters. The van der Waals surface area contributed by atoms with Gasteiger partial charge in [0.1, 0.15) is 0 Å². The Bertz CT molecular complexity index is 383. The summed E-state index contributed by atoms with van der Waals surface area (Å²) >= 11 is 0. The molecule has 1 aliphatic rings. The van der Waals surface area contributed by atoms with Crippen LogP contribution < -0.4 is 10.6 Å². The van der Waals surface area contributed by atoms with Gasteiger partial charge in [0.2, 0.25) is 5.95 Å². The normalized spacial score (nSPS) is 19.3. The van der Waals surface area contributed by atoms with Crippen LogP contribution in [0.15, 0.2) is 12.4 Å². The maximum atomic E-state index is 11.2. The molecule has 1 aromatic heterocycles. The van der Waals surface area contributed by atoms with E-state index in [9.17, 15) is 4.21 Å². The molecule has 0 amide bonds. The summed E-state index contributed by atoms with van der Waals surface area (Å²) in [5, 5.41) is 0. The molecule has 1 saturated heterocycles. The average molecular weight is 254 g/mol. The van der Waals surface area contributed by atoms with Crippen LogP contribution in [0.1, 0.15) is 12.5 Å². The molecule has 2 heterocycles. The first-order chi connectivity index (χ1) is 8.15. The van der Waals surface area contributed by atoms with Crippen LogP contribution >= 0.6 is 0 Å². The molecule has 2 N–H and O–H groups in total. The van der Waals surface area contributed by atoms with Gasteiger partial charge in [0.25, 0.3) is 0 Å². The van der Waals surface area contributed by atoms with Gasteiger partial charge in [-0.2, -0.15) is 0 Å². The Kier molecular flexibility index (Phi) is 4.06. The molecule has 17 heavy (non-hydrogen) atoms. The van der Waals surface area contributed by atoms with Crippen molar-refractivity contribution in [2.45, 2.75) is 19.4 Å². The third kappa shape index (κ3) is 3.47. The van der Waals surface area contributed by atoms with E-state index >= 15 is 0 Å². The van der Waals surface area contributed by atoms with Crippen LogP contribution in [0.3, 0.4) is 0 Å². The zero-order valence-electron chi connectivity index (χ0n) is 10.0. The smallest absolute Gasteiger partial charge is 0.225 e. The summed E-state index contributed by atoms with van der Waals surface area (Å²) in [6, 6.07) is 0.127. The third-order valence-electron chi connectivity index (χ3n) is 2.71.